The van der Waals surface area contributed by atoms with E-state index in [-0.39, 0.29) is 17.4 Å². The van der Waals surface area contributed by atoms with Gasteiger partial charge in [-0.25, -0.2) is 8.78 Å². The molecule has 3 aromatic rings. The van der Waals surface area contributed by atoms with Crippen molar-refractivity contribution in [1.82, 2.24) is 14.8 Å². The van der Waals surface area contributed by atoms with Gasteiger partial charge in [0.05, 0.1) is 6.54 Å². The molecule has 5 nitrogen and oxygen atoms in total. The topological polar surface area (TPSA) is 56.4 Å². The van der Waals surface area contributed by atoms with Gasteiger partial charge in [-0.05, 0) is 37.1 Å². The van der Waals surface area contributed by atoms with Gasteiger partial charge in [-0.1, -0.05) is 18.2 Å². The number of hydrogen-bond donors (Lipinski definition) is 1. The maximum absolute atomic E-state index is 13.7. The van der Waals surface area contributed by atoms with Crippen molar-refractivity contribution < 1.29 is 18.4 Å². The summed E-state index contributed by atoms with van der Waals surface area (Å²) in [4.78, 5) is 31.7. The number of hydrogen-bond acceptors (Lipinski definition) is 3. The Hall–Kier alpha value is -3.06. The minimum atomic E-state index is -0.776. The lowest BCUT2D eigenvalue weighted by atomic mass is 10.00. The van der Waals surface area contributed by atoms with Crippen LogP contribution in [0.5, 0.6) is 0 Å². The van der Waals surface area contributed by atoms with Crippen LogP contribution in [0.3, 0.4) is 0 Å². The van der Waals surface area contributed by atoms with Crippen LogP contribution in [0, 0.1) is 11.6 Å². The van der Waals surface area contributed by atoms with E-state index in [1.165, 1.54) is 0 Å². The predicted octanol–water partition coefficient (Wildman–Crippen LogP) is 3.40. The van der Waals surface area contributed by atoms with E-state index in [1.807, 2.05) is 35.4 Å². The average molecular weight is 411 g/mol. The van der Waals surface area contributed by atoms with Gasteiger partial charge in [0.2, 0.25) is 0 Å². The number of amides is 1. The van der Waals surface area contributed by atoms with E-state index in [2.05, 4.69) is 4.98 Å². The lowest BCUT2D eigenvalue weighted by Gasteiger charge is -2.41. The summed E-state index contributed by atoms with van der Waals surface area (Å²) < 4.78 is 27.4. The Morgan fingerprint density at radius 1 is 1.10 bits per heavy atom. The van der Waals surface area contributed by atoms with Gasteiger partial charge >= 0.3 is 0 Å². The lowest BCUT2D eigenvalue weighted by molar-refractivity contribution is -0.118. The molecule has 1 amide bonds. The summed E-state index contributed by atoms with van der Waals surface area (Å²) in [6.45, 7) is 3.30. The van der Waals surface area contributed by atoms with Crippen LogP contribution in [0.25, 0.3) is 10.9 Å². The summed E-state index contributed by atoms with van der Waals surface area (Å²) in [7, 11) is 0. The maximum atomic E-state index is 13.7. The molecule has 1 atom stereocenters. The molecule has 2 aromatic carbocycles. The number of ketones is 1. The molecule has 0 bridgehead atoms. The zero-order chi connectivity index (χ0) is 21.3. The number of benzene rings is 2. The van der Waals surface area contributed by atoms with E-state index in [0.29, 0.717) is 32.6 Å². The van der Waals surface area contributed by atoms with Crippen LogP contribution in [-0.4, -0.2) is 58.7 Å². The van der Waals surface area contributed by atoms with E-state index in [4.69, 9.17) is 0 Å². The fraction of sp³-hybridized carbons (Fsp3) is 0.304. The minimum absolute atomic E-state index is 0.00329. The molecular weight excluding hydrogens is 388 g/mol. The molecular formula is C23H23F2N3O2. The van der Waals surface area contributed by atoms with Crippen molar-refractivity contribution in [2.75, 3.05) is 26.2 Å². The lowest BCUT2D eigenvalue weighted by Crippen LogP contribution is -2.56. The van der Waals surface area contributed by atoms with Gasteiger partial charge in [0.25, 0.3) is 5.91 Å². The van der Waals surface area contributed by atoms with Crippen LogP contribution >= 0.6 is 0 Å². The van der Waals surface area contributed by atoms with Gasteiger partial charge < -0.3 is 9.88 Å². The number of halogens is 2. The summed E-state index contributed by atoms with van der Waals surface area (Å²) in [6.07, 6.45) is 2.50. The van der Waals surface area contributed by atoms with E-state index in [0.717, 1.165) is 34.7 Å². The number of carbonyl (C=O) groups excluding carboxylic acids is 2. The summed E-state index contributed by atoms with van der Waals surface area (Å²) in [5.41, 5.74) is 2.06. The number of Topliss-reactive ketones (excluding diaryl/α,β-unsaturated/α-hetero) is 1. The number of H-pyrrole nitrogens is 1. The van der Waals surface area contributed by atoms with Crippen LogP contribution in [0.4, 0.5) is 8.78 Å². The van der Waals surface area contributed by atoms with E-state index < -0.39 is 17.5 Å². The molecule has 1 aliphatic heterocycles. The fourth-order valence-corrected chi connectivity index (χ4v) is 4.22. The highest BCUT2D eigenvalue weighted by Gasteiger charge is 2.32. The Morgan fingerprint density at radius 3 is 2.57 bits per heavy atom. The smallest absolute Gasteiger partial charge is 0.254 e. The number of nitrogens with zero attached hydrogens (tertiary/aromatic N) is 2. The van der Waals surface area contributed by atoms with E-state index in [1.54, 1.807) is 11.8 Å². The van der Waals surface area contributed by atoms with Crippen molar-refractivity contribution in [3.63, 3.8) is 0 Å². The minimum Gasteiger partial charge on any atom is -0.361 e. The van der Waals surface area contributed by atoms with Gasteiger partial charge in [0.15, 0.2) is 0 Å². The van der Waals surface area contributed by atoms with Crippen molar-refractivity contribution in [1.29, 1.82) is 0 Å². The largest absolute Gasteiger partial charge is 0.361 e. The van der Waals surface area contributed by atoms with E-state index in [9.17, 15) is 18.4 Å². The van der Waals surface area contributed by atoms with Crippen molar-refractivity contribution in [3.8, 4) is 0 Å². The highest BCUT2D eigenvalue weighted by Crippen LogP contribution is 2.24. The highest BCUT2D eigenvalue weighted by molar-refractivity contribution is 5.94. The summed E-state index contributed by atoms with van der Waals surface area (Å²) >= 11 is 0. The molecule has 156 valence electrons. The van der Waals surface area contributed by atoms with Gasteiger partial charge in [0, 0.05) is 54.4 Å². The quantitative estimate of drug-likeness (QED) is 0.700. The normalized spacial score (nSPS) is 17.4. The third-order valence-corrected chi connectivity index (χ3v) is 5.51. The molecule has 0 unspecified atom stereocenters. The van der Waals surface area contributed by atoms with Gasteiger partial charge in [-0.3, -0.25) is 14.5 Å². The Labute approximate surface area is 173 Å². The van der Waals surface area contributed by atoms with Crippen molar-refractivity contribution >= 4 is 22.6 Å². The Morgan fingerprint density at radius 2 is 1.83 bits per heavy atom. The molecule has 7 heteroatoms. The van der Waals surface area contributed by atoms with Gasteiger partial charge in [0.1, 0.15) is 17.4 Å². The SMILES string of the molecule is CC(=O)CN1CCN(C(=O)c2cc(F)cc(F)c2)[C@H](Cc2c[nH]c3ccccc23)C1. The third-order valence-electron chi connectivity index (χ3n) is 5.51. The zero-order valence-corrected chi connectivity index (χ0v) is 16.7. The molecule has 0 saturated carbocycles. The number of piperazine rings is 1. The van der Waals surface area contributed by atoms with Crippen LogP contribution in [0.15, 0.2) is 48.7 Å². The fourth-order valence-electron chi connectivity index (χ4n) is 4.22. The Bertz CT molecular complexity index is 1070. The summed E-state index contributed by atoms with van der Waals surface area (Å²) in [6, 6.07) is 10.6. The first-order chi connectivity index (χ1) is 14.4. The molecule has 0 aliphatic carbocycles. The molecule has 1 aromatic heterocycles. The van der Waals surface area contributed by atoms with Gasteiger partial charge in [-0.15, -0.1) is 0 Å². The molecule has 4 rings (SSSR count). The number of rotatable bonds is 5. The summed E-state index contributed by atoms with van der Waals surface area (Å²) in [5.74, 6) is -1.89. The molecule has 1 N–H and O–H groups in total. The van der Waals surface area contributed by atoms with Crippen LogP contribution in [0.1, 0.15) is 22.8 Å². The number of carbonyl (C=O) groups is 2. The first-order valence-electron chi connectivity index (χ1n) is 9.94. The first kappa shape index (κ1) is 20.2. The molecule has 0 radical (unpaired) electrons. The van der Waals surface area contributed by atoms with Crippen molar-refractivity contribution in [2.24, 2.45) is 0 Å². The van der Waals surface area contributed by atoms with Crippen LogP contribution in [-0.2, 0) is 11.2 Å². The second kappa shape index (κ2) is 8.36. The monoisotopic (exact) mass is 411 g/mol. The second-order valence-corrected chi connectivity index (χ2v) is 7.81. The molecule has 0 spiro atoms. The number of aromatic amines is 1. The summed E-state index contributed by atoms with van der Waals surface area (Å²) in [5, 5.41) is 1.07. The zero-order valence-electron chi connectivity index (χ0n) is 16.7. The number of fused-ring (bicyclic) bond motifs is 1. The van der Waals surface area contributed by atoms with Crippen molar-refractivity contribution in [3.05, 3.63) is 71.4 Å². The Balaban J connectivity index is 1.63. The third kappa shape index (κ3) is 4.26. The Kier molecular flexibility index (Phi) is 5.63. The van der Waals surface area contributed by atoms with E-state index >= 15 is 0 Å². The maximum Gasteiger partial charge on any atom is 0.254 e. The number of para-hydroxylation sites is 1. The molecule has 1 saturated heterocycles. The predicted molar refractivity (Wildman–Crippen MR) is 110 cm³/mol. The first-order valence-corrected chi connectivity index (χ1v) is 9.94. The number of aromatic nitrogens is 1. The standard InChI is InChI=1S/C23H23F2N3O2/c1-15(29)13-27-6-7-28(23(30)16-8-18(24)11-19(25)9-16)20(14-27)10-17-12-26-22-5-3-2-4-21(17)22/h2-5,8-9,11-12,20,26H,6-7,10,13-14H2,1H3/t20-/m1/s1. The van der Waals surface area contributed by atoms with Crippen LogP contribution < -0.4 is 0 Å². The molecule has 2 heterocycles. The van der Waals surface area contributed by atoms with Crippen molar-refractivity contribution in [2.45, 2.75) is 19.4 Å². The molecule has 1 aliphatic rings. The number of nitrogens with one attached hydrogen (secondary N) is 1. The molecule has 1 fully saturated rings. The average Bonchev–Trinajstić information content (AvgIpc) is 3.09. The molecule has 30 heavy (non-hydrogen) atoms. The van der Waals surface area contributed by atoms with Gasteiger partial charge in [-0.2, -0.15) is 0 Å². The second-order valence-electron chi connectivity index (χ2n) is 7.81. The van der Waals surface area contributed by atoms with Crippen LogP contribution in [0.2, 0.25) is 0 Å². The highest BCUT2D eigenvalue weighted by atomic mass is 19.1.